The lowest BCUT2D eigenvalue weighted by Crippen LogP contribution is -1.93. The largest absolute Gasteiger partial charge is 0.338 e. The van der Waals surface area contributed by atoms with Crippen molar-refractivity contribution in [1.82, 2.24) is 4.98 Å². The monoisotopic (exact) mass is 199 g/mol. The summed E-state index contributed by atoms with van der Waals surface area (Å²) in [7, 11) is 0. The Hall–Kier alpha value is -1.06. The Kier molecular flexibility index (Phi) is 3.73. The van der Waals surface area contributed by atoms with Crippen LogP contribution >= 0.6 is 11.6 Å². The Labute approximate surface area is 81.9 Å². The molecule has 0 N–H and O–H groups in total. The van der Waals surface area contributed by atoms with Gasteiger partial charge >= 0.3 is 0 Å². The minimum absolute atomic E-state index is 0.402. The van der Waals surface area contributed by atoms with E-state index in [0.29, 0.717) is 17.5 Å². The first-order valence-corrected chi connectivity index (χ1v) is 4.22. The van der Waals surface area contributed by atoms with Gasteiger partial charge in [0.1, 0.15) is 5.15 Å². The predicted octanol–water partition coefficient (Wildman–Crippen LogP) is 2.67. The molecule has 0 aliphatic rings. The number of pyridine rings is 1. The first-order valence-electron chi connectivity index (χ1n) is 3.84. The summed E-state index contributed by atoms with van der Waals surface area (Å²) in [6.07, 6.45) is 1.58. The molecule has 1 aromatic heterocycles. The fraction of sp³-hybridized carbons (Fsp3) is 0.222. The number of rotatable bonds is 4. The van der Waals surface area contributed by atoms with Gasteiger partial charge in [-0.3, -0.25) is 0 Å². The van der Waals surface area contributed by atoms with Crippen LogP contribution in [0, 0.1) is 0 Å². The lowest BCUT2D eigenvalue weighted by Gasteiger charge is -2.05. The summed E-state index contributed by atoms with van der Waals surface area (Å²) in [6, 6.07) is 3.40. The molecule has 0 aromatic carbocycles. The van der Waals surface area contributed by atoms with Gasteiger partial charge in [-0.25, -0.2) is 4.98 Å². The predicted molar refractivity (Wildman–Crippen MR) is 51.0 cm³/mol. The summed E-state index contributed by atoms with van der Waals surface area (Å²) in [5, 5.41) is 0.402. The lowest BCUT2D eigenvalue weighted by molar-refractivity contribution is -0.230. The van der Waals surface area contributed by atoms with Crippen molar-refractivity contribution in [2.24, 2.45) is 0 Å². The Balaban J connectivity index is 2.66. The van der Waals surface area contributed by atoms with Crippen LogP contribution in [0.25, 0.3) is 5.76 Å². The molecular formula is C9H10ClNO2. The molecule has 0 unspecified atom stereocenters. The van der Waals surface area contributed by atoms with Crippen molar-refractivity contribution in [3.05, 3.63) is 35.6 Å². The molecule has 13 heavy (non-hydrogen) atoms. The van der Waals surface area contributed by atoms with E-state index in [1.165, 1.54) is 0 Å². The van der Waals surface area contributed by atoms with Crippen LogP contribution < -0.4 is 0 Å². The molecule has 0 saturated carbocycles. The zero-order valence-electron chi connectivity index (χ0n) is 7.29. The van der Waals surface area contributed by atoms with E-state index < -0.39 is 0 Å². The number of hydrogen-bond donors (Lipinski definition) is 0. The smallest absolute Gasteiger partial charge is 0.165 e. The van der Waals surface area contributed by atoms with Gasteiger partial charge in [0.2, 0.25) is 0 Å². The number of halogens is 1. The van der Waals surface area contributed by atoms with E-state index in [9.17, 15) is 0 Å². The molecule has 1 aromatic rings. The average molecular weight is 200 g/mol. The highest BCUT2D eigenvalue weighted by molar-refractivity contribution is 6.29. The van der Waals surface area contributed by atoms with Gasteiger partial charge in [-0.1, -0.05) is 18.2 Å². The SMILES string of the molecule is C=C(OOCC)c1ccnc(Cl)c1. The van der Waals surface area contributed by atoms with E-state index in [1.54, 1.807) is 18.3 Å². The summed E-state index contributed by atoms with van der Waals surface area (Å²) >= 11 is 5.67. The van der Waals surface area contributed by atoms with Crippen molar-refractivity contribution in [1.29, 1.82) is 0 Å². The summed E-state index contributed by atoms with van der Waals surface area (Å²) < 4.78 is 0. The van der Waals surface area contributed by atoms with Gasteiger partial charge in [-0.05, 0) is 19.1 Å². The minimum atomic E-state index is 0.402. The van der Waals surface area contributed by atoms with Gasteiger partial charge in [0.05, 0.1) is 6.61 Å². The molecule has 1 rings (SSSR count). The van der Waals surface area contributed by atoms with Crippen LogP contribution in [-0.2, 0) is 9.78 Å². The number of aromatic nitrogens is 1. The summed E-state index contributed by atoms with van der Waals surface area (Å²) in [5.74, 6) is 0.422. The Morgan fingerprint density at radius 1 is 1.69 bits per heavy atom. The summed E-state index contributed by atoms with van der Waals surface area (Å²) in [4.78, 5) is 13.4. The van der Waals surface area contributed by atoms with E-state index in [2.05, 4.69) is 11.6 Å². The zero-order chi connectivity index (χ0) is 9.68. The number of nitrogens with zero attached hydrogens (tertiary/aromatic N) is 1. The van der Waals surface area contributed by atoms with Crippen molar-refractivity contribution in [3.63, 3.8) is 0 Å². The van der Waals surface area contributed by atoms with Crippen molar-refractivity contribution >= 4 is 17.4 Å². The van der Waals surface area contributed by atoms with Gasteiger partial charge in [0.25, 0.3) is 0 Å². The Morgan fingerprint density at radius 3 is 3.08 bits per heavy atom. The minimum Gasteiger partial charge on any atom is -0.338 e. The lowest BCUT2D eigenvalue weighted by atomic mass is 10.2. The van der Waals surface area contributed by atoms with Crippen LogP contribution in [0.3, 0.4) is 0 Å². The summed E-state index contributed by atoms with van der Waals surface area (Å²) in [6.45, 7) is 5.97. The molecule has 3 nitrogen and oxygen atoms in total. The van der Waals surface area contributed by atoms with E-state index >= 15 is 0 Å². The normalized spacial score (nSPS) is 9.69. The van der Waals surface area contributed by atoms with E-state index in [4.69, 9.17) is 21.4 Å². The maximum atomic E-state index is 5.67. The Morgan fingerprint density at radius 2 is 2.46 bits per heavy atom. The quantitative estimate of drug-likeness (QED) is 0.323. The van der Waals surface area contributed by atoms with Crippen LogP contribution in [-0.4, -0.2) is 11.6 Å². The van der Waals surface area contributed by atoms with E-state index in [0.717, 1.165) is 5.56 Å². The van der Waals surface area contributed by atoms with Gasteiger partial charge in [0.15, 0.2) is 5.76 Å². The molecule has 4 heteroatoms. The second-order valence-electron chi connectivity index (χ2n) is 2.28. The van der Waals surface area contributed by atoms with Crippen LogP contribution in [0.5, 0.6) is 0 Å². The molecule has 70 valence electrons. The molecule has 0 aliphatic heterocycles. The molecule has 0 spiro atoms. The van der Waals surface area contributed by atoms with Crippen molar-refractivity contribution in [2.45, 2.75) is 6.92 Å². The van der Waals surface area contributed by atoms with Gasteiger partial charge in [0, 0.05) is 11.8 Å². The van der Waals surface area contributed by atoms with Crippen LogP contribution in [0.4, 0.5) is 0 Å². The summed E-state index contributed by atoms with van der Waals surface area (Å²) in [5.41, 5.74) is 0.758. The van der Waals surface area contributed by atoms with Gasteiger partial charge in [-0.2, -0.15) is 4.89 Å². The van der Waals surface area contributed by atoms with Crippen molar-refractivity contribution < 1.29 is 9.78 Å². The van der Waals surface area contributed by atoms with E-state index in [-0.39, 0.29) is 0 Å². The molecule has 0 radical (unpaired) electrons. The van der Waals surface area contributed by atoms with Gasteiger partial charge < -0.3 is 4.89 Å². The van der Waals surface area contributed by atoms with Crippen molar-refractivity contribution in [2.75, 3.05) is 6.61 Å². The number of hydrogen-bond acceptors (Lipinski definition) is 3. The highest BCUT2D eigenvalue weighted by Crippen LogP contribution is 2.16. The molecular weight excluding hydrogens is 190 g/mol. The molecule has 1 heterocycles. The topological polar surface area (TPSA) is 31.4 Å². The third-order valence-electron chi connectivity index (χ3n) is 1.33. The molecule has 0 bridgehead atoms. The fourth-order valence-corrected chi connectivity index (χ4v) is 0.928. The second kappa shape index (κ2) is 4.84. The van der Waals surface area contributed by atoms with Crippen LogP contribution in [0.15, 0.2) is 24.9 Å². The highest BCUT2D eigenvalue weighted by Gasteiger charge is 2.01. The van der Waals surface area contributed by atoms with Crippen LogP contribution in [0.2, 0.25) is 5.15 Å². The van der Waals surface area contributed by atoms with E-state index in [1.807, 2.05) is 6.92 Å². The molecule has 0 amide bonds. The standard InChI is InChI=1S/C9H10ClNO2/c1-3-12-13-7(2)8-4-5-11-9(10)6-8/h4-6H,2-3H2,1H3. The zero-order valence-corrected chi connectivity index (χ0v) is 8.04. The third kappa shape index (κ3) is 3.05. The molecule has 0 saturated heterocycles. The second-order valence-corrected chi connectivity index (χ2v) is 2.67. The third-order valence-corrected chi connectivity index (χ3v) is 1.53. The molecule has 0 atom stereocenters. The first-order chi connectivity index (χ1) is 6.24. The first kappa shape index (κ1) is 10.0. The van der Waals surface area contributed by atoms with Crippen LogP contribution in [0.1, 0.15) is 12.5 Å². The van der Waals surface area contributed by atoms with Crippen molar-refractivity contribution in [3.8, 4) is 0 Å². The maximum absolute atomic E-state index is 5.67. The Bertz CT molecular complexity index is 301. The fourth-order valence-electron chi connectivity index (χ4n) is 0.754. The van der Waals surface area contributed by atoms with Gasteiger partial charge in [-0.15, -0.1) is 0 Å². The molecule has 0 fully saturated rings. The highest BCUT2D eigenvalue weighted by atomic mass is 35.5. The average Bonchev–Trinajstić information content (AvgIpc) is 2.14. The maximum Gasteiger partial charge on any atom is 0.165 e. The molecule has 0 aliphatic carbocycles.